The average molecular weight is 379 g/mol. The minimum atomic E-state index is 0.304. The van der Waals surface area contributed by atoms with E-state index in [1.807, 2.05) is 23.1 Å². The molecule has 2 N–H and O–H groups in total. The van der Waals surface area contributed by atoms with Crippen molar-refractivity contribution in [3.63, 3.8) is 0 Å². The van der Waals surface area contributed by atoms with Gasteiger partial charge in [-0.05, 0) is 32.3 Å². The molecule has 6 nitrogen and oxygen atoms in total. The standard InChI is InChI=1S/C19H34N6S/c1-2-20-18(21-9-5-11-25-12-6-10-23-25)22-17-19(7-3-4-8-19)24-13-15-26-16-14-24/h6,10,12H,2-5,7-9,11,13-17H2,1H3,(H2,20,21,22). The molecule has 1 aromatic rings. The zero-order chi connectivity index (χ0) is 18.1. The van der Waals surface area contributed by atoms with Gasteiger partial charge >= 0.3 is 0 Å². The number of rotatable bonds is 8. The van der Waals surface area contributed by atoms with E-state index in [1.54, 1.807) is 0 Å². The second-order valence-electron chi connectivity index (χ2n) is 7.28. The first kappa shape index (κ1) is 19.5. The zero-order valence-electron chi connectivity index (χ0n) is 16.1. The molecular formula is C19H34N6S. The number of aryl methyl sites for hydroxylation is 1. The van der Waals surface area contributed by atoms with Gasteiger partial charge in [0.05, 0.1) is 6.54 Å². The molecule has 146 valence electrons. The van der Waals surface area contributed by atoms with Crippen LogP contribution in [0.15, 0.2) is 23.5 Å². The first-order chi connectivity index (χ1) is 12.8. The van der Waals surface area contributed by atoms with E-state index in [0.29, 0.717) is 5.54 Å². The first-order valence-electron chi connectivity index (χ1n) is 10.1. The Kier molecular flexibility index (Phi) is 7.68. The van der Waals surface area contributed by atoms with Crippen molar-refractivity contribution >= 4 is 17.7 Å². The number of guanidine groups is 1. The second-order valence-corrected chi connectivity index (χ2v) is 8.50. The van der Waals surface area contributed by atoms with Gasteiger partial charge < -0.3 is 10.6 Å². The zero-order valence-corrected chi connectivity index (χ0v) is 16.9. The van der Waals surface area contributed by atoms with E-state index in [0.717, 1.165) is 38.6 Å². The highest BCUT2D eigenvalue weighted by Crippen LogP contribution is 2.37. The molecule has 3 rings (SSSR count). The summed E-state index contributed by atoms with van der Waals surface area (Å²) in [6.07, 6.45) is 10.2. The maximum atomic E-state index is 5.00. The largest absolute Gasteiger partial charge is 0.357 e. The summed E-state index contributed by atoms with van der Waals surface area (Å²) >= 11 is 2.09. The number of nitrogens with one attached hydrogen (secondary N) is 2. The topological polar surface area (TPSA) is 57.5 Å². The third kappa shape index (κ3) is 5.39. The average Bonchev–Trinajstić information content (AvgIpc) is 3.36. The Balaban J connectivity index is 1.52. The van der Waals surface area contributed by atoms with Crippen molar-refractivity contribution < 1.29 is 0 Å². The molecule has 0 bridgehead atoms. The summed E-state index contributed by atoms with van der Waals surface area (Å²) in [6.45, 7) is 8.27. The van der Waals surface area contributed by atoms with E-state index in [4.69, 9.17) is 4.99 Å². The quantitative estimate of drug-likeness (QED) is 0.413. The van der Waals surface area contributed by atoms with Crippen LogP contribution in [0.5, 0.6) is 0 Å². The molecule has 0 spiro atoms. The monoisotopic (exact) mass is 378 g/mol. The predicted octanol–water partition coefficient (Wildman–Crippen LogP) is 2.19. The number of hydrogen-bond donors (Lipinski definition) is 2. The highest BCUT2D eigenvalue weighted by Gasteiger charge is 2.39. The predicted molar refractivity (Wildman–Crippen MR) is 111 cm³/mol. The minimum Gasteiger partial charge on any atom is -0.357 e. The summed E-state index contributed by atoms with van der Waals surface area (Å²) < 4.78 is 1.98. The van der Waals surface area contributed by atoms with Gasteiger partial charge in [0.2, 0.25) is 0 Å². The highest BCUT2D eigenvalue weighted by atomic mass is 32.2. The van der Waals surface area contributed by atoms with E-state index in [2.05, 4.69) is 39.3 Å². The number of thioether (sulfide) groups is 1. The van der Waals surface area contributed by atoms with E-state index in [9.17, 15) is 0 Å². The Hall–Kier alpha value is -1.21. The van der Waals surface area contributed by atoms with Crippen molar-refractivity contribution in [3.05, 3.63) is 18.5 Å². The summed E-state index contributed by atoms with van der Waals surface area (Å²) in [6, 6.07) is 1.97. The van der Waals surface area contributed by atoms with Gasteiger partial charge in [-0.15, -0.1) is 0 Å². The Morgan fingerprint density at radius 2 is 2.04 bits per heavy atom. The van der Waals surface area contributed by atoms with Crippen LogP contribution in [0.2, 0.25) is 0 Å². The Bertz CT molecular complexity index is 532. The number of aliphatic imine (C=N–C) groups is 1. The fourth-order valence-corrected chi connectivity index (χ4v) is 5.00. The van der Waals surface area contributed by atoms with Gasteiger partial charge in [0.15, 0.2) is 5.96 Å². The van der Waals surface area contributed by atoms with Gasteiger partial charge in [-0.3, -0.25) is 14.6 Å². The maximum Gasteiger partial charge on any atom is 0.191 e. The van der Waals surface area contributed by atoms with Crippen LogP contribution >= 0.6 is 11.8 Å². The van der Waals surface area contributed by atoms with Crippen LogP contribution in [0.25, 0.3) is 0 Å². The van der Waals surface area contributed by atoms with E-state index in [1.165, 1.54) is 50.3 Å². The van der Waals surface area contributed by atoms with Gasteiger partial charge in [0.25, 0.3) is 0 Å². The SMILES string of the molecule is CCNC(=NCC1(N2CCSCC2)CCCC1)NCCCn1cccn1. The molecule has 1 saturated heterocycles. The van der Waals surface area contributed by atoms with Crippen molar-refractivity contribution in [2.75, 3.05) is 44.2 Å². The molecule has 0 atom stereocenters. The smallest absolute Gasteiger partial charge is 0.191 e. The number of nitrogens with zero attached hydrogens (tertiary/aromatic N) is 4. The lowest BCUT2D eigenvalue weighted by Gasteiger charge is -2.42. The second kappa shape index (κ2) is 10.2. The lowest BCUT2D eigenvalue weighted by molar-refractivity contribution is 0.112. The molecule has 1 aromatic heterocycles. The molecule has 0 radical (unpaired) electrons. The molecular weight excluding hydrogens is 344 g/mol. The summed E-state index contributed by atoms with van der Waals surface area (Å²) in [5.74, 6) is 3.51. The molecule has 26 heavy (non-hydrogen) atoms. The van der Waals surface area contributed by atoms with Gasteiger partial charge in [0.1, 0.15) is 0 Å². The van der Waals surface area contributed by atoms with Gasteiger partial charge in [0, 0.05) is 62.2 Å². The molecule has 2 heterocycles. The highest BCUT2D eigenvalue weighted by molar-refractivity contribution is 7.99. The molecule has 0 aromatic carbocycles. The fraction of sp³-hybridized carbons (Fsp3) is 0.789. The van der Waals surface area contributed by atoms with Crippen LogP contribution in [-0.2, 0) is 6.54 Å². The third-order valence-corrected chi connectivity index (χ3v) is 6.45. The van der Waals surface area contributed by atoms with Crippen molar-refractivity contribution in [1.29, 1.82) is 0 Å². The Morgan fingerprint density at radius 3 is 2.73 bits per heavy atom. The fourth-order valence-electron chi connectivity index (χ4n) is 4.09. The Morgan fingerprint density at radius 1 is 1.23 bits per heavy atom. The molecule has 7 heteroatoms. The van der Waals surface area contributed by atoms with Crippen molar-refractivity contribution in [3.8, 4) is 0 Å². The molecule has 1 aliphatic carbocycles. The van der Waals surface area contributed by atoms with Gasteiger partial charge in [-0.1, -0.05) is 12.8 Å². The molecule has 1 aliphatic heterocycles. The summed E-state index contributed by atoms with van der Waals surface area (Å²) in [5.41, 5.74) is 0.304. The van der Waals surface area contributed by atoms with Crippen LogP contribution < -0.4 is 10.6 Å². The van der Waals surface area contributed by atoms with Gasteiger partial charge in [-0.25, -0.2) is 0 Å². The van der Waals surface area contributed by atoms with E-state index < -0.39 is 0 Å². The van der Waals surface area contributed by atoms with Crippen LogP contribution in [0, 0.1) is 0 Å². The normalized spacial score (nSPS) is 21.0. The van der Waals surface area contributed by atoms with Crippen LogP contribution in [0.1, 0.15) is 39.0 Å². The molecule has 0 amide bonds. The number of aromatic nitrogens is 2. The molecule has 1 saturated carbocycles. The Labute approximate surface area is 162 Å². The van der Waals surface area contributed by atoms with E-state index >= 15 is 0 Å². The third-order valence-electron chi connectivity index (χ3n) is 5.51. The molecule has 2 fully saturated rings. The minimum absolute atomic E-state index is 0.304. The van der Waals surface area contributed by atoms with Crippen molar-refractivity contribution in [2.24, 2.45) is 4.99 Å². The lowest BCUT2D eigenvalue weighted by atomic mass is 9.95. The maximum absolute atomic E-state index is 5.00. The van der Waals surface area contributed by atoms with Crippen LogP contribution in [0.4, 0.5) is 0 Å². The first-order valence-corrected chi connectivity index (χ1v) is 11.3. The summed E-state index contributed by atoms with van der Waals surface area (Å²) in [5, 5.41) is 11.2. The van der Waals surface area contributed by atoms with Crippen molar-refractivity contribution in [1.82, 2.24) is 25.3 Å². The van der Waals surface area contributed by atoms with Crippen LogP contribution in [0.3, 0.4) is 0 Å². The summed E-state index contributed by atoms with van der Waals surface area (Å²) in [4.78, 5) is 7.74. The molecule has 2 aliphatic rings. The van der Waals surface area contributed by atoms with Gasteiger partial charge in [-0.2, -0.15) is 16.9 Å². The molecule has 0 unspecified atom stereocenters. The van der Waals surface area contributed by atoms with Crippen LogP contribution in [-0.4, -0.2) is 70.4 Å². The van der Waals surface area contributed by atoms with E-state index in [-0.39, 0.29) is 0 Å². The lowest BCUT2D eigenvalue weighted by Crippen LogP contribution is -2.53. The summed E-state index contributed by atoms with van der Waals surface area (Å²) in [7, 11) is 0. The van der Waals surface area contributed by atoms with Crippen molar-refractivity contribution in [2.45, 2.75) is 51.1 Å². The number of hydrogen-bond acceptors (Lipinski definition) is 4.